The van der Waals surface area contributed by atoms with E-state index >= 15 is 0 Å². The van der Waals surface area contributed by atoms with E-state index in [2.05, 4.69) is 43.0 Å². The van der Waals surface area contributed by atoms with Gasteiger partial charge in [-0.1, -0.05) is 48.9 Å². The van der Waals surface area contributed by atoms with Gasteiger partial charge in [-0.3, -0.25) is 0 Å². The molecule has 1 heterocycles. The number of thiazole rings is 1. The molecule has 3 aromatic rings. The predicted molar refractivity (Wildman–Crippen MR) is 123 cm³/mol. The minimum absolute atomic E-state index is 0.103. The minimum atomic E-state index is 0.103. The van der Waals surface area contributed by atoms with Gasteiger partial charge in [-0.25, -0.2) is 4.98 Å². The fourth-order valence-corrected chi connectivity index (χ4v) is 4.65. The molecule has 0 N–H and O–H groups in total. The lowest BCUT2D eigenvalue weighted by atomic mass is 10.1. The molecule has 0 aliphatic carbocycles. The first kappa shape index (κ1) is 21.6. The van der Waals surface area contributed by atoms with E-state index in [0.29, 0.717) is 11.6 Å². The standard InChI is InChI=1S/C23H27ClN2O2S/c1-5-13-26(21(15-27-3)17-9-7-6-8-10-17)23-25-22(16(2)29-23)19-12-11-18(28-4)14-20(19)24/h6-12,14,21H,5,13,15H2,1-4H3/t21-/m1/s1. The molecule has 3 rings (SSSR count). The highest BCUT2D eigenvalue weighted by Crippen LogP contribution is 2.39. The molecule has 6 heteroatoms. The van der Waals surface area contributed by atoms with Gasteiger partial charge >= 0.3 is 0 Å². The maximum absolute atomic E-state index is 6.52. The van der Waals surface area contributed by atoms with E-state index in [1.165, 1.54) is 5.56 Å². The Bertz CT molecular complexity index is 930. The fourth-order valence-electron chi connectivity index (χ4n) is 3.39. The molecule has 1 aromatic heterocycles. The van der Waals surface area contributed by atoms with Crippen molar-refractivity contribution in [3.8, 4) is 17.0 Å². The van der Waals surface area contributed by atoms with Gasteiger partial charge in [0.05, 0.1) is 30.5 Å². The summed E-state index contributed by atoms with van der Waals surface area (Å²) < 4.78 is 10.8. The summed E-state index contributed by atoms with van der Waals surface area (Å²) in [5, 5.41) is 1.62. The van der Waals surface area contributed by atoms with E-state index in [1.54, 1.807) is 25.6 Å². The number of nitrogens with zero attached hydrogens (tertiary/aromatic N) is 2. The number of hydrogen-bond acceptors (Lipinski definition) is 5. The van der Waals surface area contributed by atoms with Gasteiger partial charge in [0.1, 0.15) is 5.75 Å². The number of anilines is 1. The summed E-state index contributed by atoms with van der Waals surface area (Å²) in [7, 11) is 3.38. The fraction of sp³-hybridized carbons (Fsp3) is 0.348. The third-order valence-corrected chi connectivity index (χ3v) is 6.13. The van der Waals surface area contributed by atoms with Crippen LogP contribution in [0.15, 0.2) is 48.5 Å². The van der Waals surface area contributed by atoms with Gasteiger partial charge in [-0.15, -0.1) is 11.3 Å². The lowest BCUT2D eigenvalue weighted by Gasteiger charge is -2.31. The Labute approximate surface area is 182 Å². The first-order valence-corrected chi connectivity index (χ1v) is 10.9. The van der Waals surface area contributed by atoms with Crippen LogP contribution >= 0.6 is 22.9 Å². The quantitative estimate of drug-likeness (QED) is 0.394. The molecule has 4 nitrogen and oxygen atoms in total. The number of methoxy groups -OCH3 is 2. The first-order chi connectivity index (χ1) is 14.1. The van der Waals surface area contributed by atoms with Crippen LogP contribution in [0.1, 0.15) is 29.8 Å². The van der Waals surface area contributed by atoms with E-state index in [0.717, 1.165) is 40.0 Å². The number of hydrogen-bond donors (Lipinski definition) is 0. The summed E-state index contributed by atoms with van der Waals surface area (Å²) in [6, 6.07) is 16.3. The normalized spacial score (nSPS) is 12.0. The maximum Gasteiger partial charge on any atom is 0.186 e. The monoisotopic (exact) mass is 430 g/mol. The zero-order valence-electron chi connectivity index (χ0n) is 17.3. The molecule has 0 amide bonds. The minimum Gasteiger partial charge on any atom is -0.497 e. The molecule has 0 fully saturated rings. The van der Waals surface area contributed by atoms with Gasteiger partial charge < -0.3 is 14.4 Å². The van der Waals surface area contributed by atoms with Crippen LogP contribution in [0.25, 0.3) is 11.3 Å². The van der Waals surface area contributed by atoms with Gasteiger partial charge in [-0.2, -0.15) is 0 Å². The Hall–Kier alpha value is -2.08. The Kier molecular flexibility index (Phi) is 7.53. The largest absolute Gasteiger partial charge is 0.497 e. The average molecular weight is 431 g/mol. The van der Waals surface area contributed by atoms with Crippen LogP contribution < -0.4 is 9.64 Å². The number of halogens is 1. The van der Waals surface area contributed by atoms with Crippen LogP contribution in [0.4, 0.5) is 5.13 Å². The second kappa shape index (κ2) is 10.1. The van der Waals surface area contributed by atoms with Crippen molar-refractivity contribution in [3.05, 3.63) is 64.0 Å². The second-order valence-corrected chi connectivity index (χ2v) is 8.41. The smallest absolute Gasteiger partial charge is 0.186 e. The van der Waals surface area contributed by atoms with Crippen molar-refractivity contribution in [1.82, 2.24) is 4.98 Å². The van der Waals surface area contributed by atoms with Crippen LogP contribution in [-0.4, -0.2) is 32.4 Å². The van der Waals surface area contributed by atoms with Gasteiger partial charge in [0, 0.05) is 24.1 Å². The highest BCUT2D eigenvalue weighted by atomic mass is 35.5. The first-order valence-electron chi connectivity index (χ1n) is 9.70. The number of rotatable bonds is 9. The molecule has 154 valence electrons. The van der Waals surface area contributed by atoms with Gasteiger partial charge in [0.15, 0.2) is 5.13 Å². The Balaban J connectivity index is 2.01. The Morgan fingerprint density at radius 2 is 1.90 bits per heavy atom. The molecular weight excluding hydrogens is 404 g/mol. The van der Waals surface area contributed by atoms with Crippen molar-refractivity contribution >= 4 is 28.1 Å². The molecule has 0 unspecified atom stereocenters. The zero-order chi connectivity index (χ0) is 20.8. The maximum atomic E-state index is 6.52. The van der Waals surface area contributed by atoms with Crippen LogP contribution in [0.5, 0.6) is 5.75 Å². The molecule has 0 aliphatic heterocycles. The average Bonchev–Trinajstić information content (AvgIpc) is 3.12. The van der Waals surface area contributed by atoms with E-state index in [1.807, 2.05) is 24.3 Å². The van der Waals surface area contributed by atoms with E-state index in [9.17, 15) is 0 Å². The van der Waals surface area contributed by atoms with Crippen LogP contribution in [0, 0.1) is 6.92 Å². The van der Waals surface area contributed by atoms with E-state index in [4.69, 9.17) is 26.1 Å². The summed E-state index contributed by atoms with van der Waals surface area (Å²) >= 11 is 8.22. The molecule has 29 heavy (non-hydrogen) atoms. The summed E-state index contributed by atoms with van der Waals surface area (Å²) in [6.07, 6.45) is 1.02. The summed E-state index contributed by atoms with van der Waals surface area (Å²) in [5.74, 6) is 0.740. The predicted octanol–water partition coefficient (Wildman–Crippen LogP) is 6.38. The molecule has 2 aromatic carbocycles. The lowest BCUT2D eigenvalue weighted by molar-refractivity contribution is 0.177. The molecule has 0 radical (unpaired) electrons. The Morgan fingerprint density at radius 1 is 1.14 bits per heavy atom. The summed E-state index contributed by atoms with van der Waals surface area (Å²) in [5.41, 5.74) is 3.06. The van der Waals surface area contributed by atoms with Crippen molar-refractivity contribution in [2.24, 2.45) is 0 Å². The van der Waals surface area contributed by atoms with Gasteiger partial charge in [-0.05, 0) is 37.1 Å². The number of aromatic nitrogens is 1. The van der Waals surface area contributed by atoms with Gasteiger partial charge in [0.25, 0.3) is 0 Å². The number of ether oxygens (including phenoxy) is 2. The third kappa shape index (κ3) is 4.92. The molecule has 0 saturated heterocycles. The molecule has 1 atom stereocenters. The topological polar surface area (TPSA) is 34.6 Å². The molecular formula is C23H27ClN2O2S. The molecule has 0 saturated carbocycles. The van der Waals surface area contributed by atoms with Crippen molar-refractivity contribution in [2.75, 3.05) is 32.3 Å². The number of aryl methyl sites for hydroxylation is 1. The SMILES string of the molecule is CCCN(c1nc(-c2ccc(OC)cc2Cl)c(C)s1)[C@H](COC)c1ccccc1. The van der Waals surface area contributed by atoms with Crippen molar-refractivity contribution in [1.29, 1.82) is 0 Å². The van der Waals surface area contributed by atoms with Crippen LogP contribution in [0.2, 0.25) is 5.02 Å². The van der Waals surface area contributed by atoms with Crippen molar-refractivity contribution in [2.45, 2.75) is 26.3 Å². The molecule has 0 aliphatic rings. The zero-order valence-corrected chi connectivity index (χ0v) is 18.9. The number of benzene rings is 2. The van der Waals surface area contributed by atoms with E-state index in [-0.39, 0.29) is 6.04 Å². The van der Waals surface area contributed by atoms with E-state index < -0.39 is 0 Å². The van der Waals surface area contributed by atoms with Crippen molar-refractivity contribution in [3.63, 3.8) is 0 Å². The lowest BCUT2D eigenvalue weighted by Crippen LogP contribution is -2.32. The van der Waals surface area contributed by atoms with Crippen molar-refractivity contribution < 1.29 is 9.47 Å². The summed E-state index contributed by atoms with van der Waals surface area (Å²) in [6.45, 7) is 5.77. The molecule has 0 bridgehead atoms. The second-order valence-electron chi connectivity index (χ2n) is 6.82. The van der Waals surface area contributed by atoms with Gasteiger partial charge in [0.2, 0.25) is 0 Å². The third-order valence-electron chi connectivity index (χ3n) is 4.81. The highest BCUT2D eigenvalue weighted by Gasteiger charge is 2.24. The molecule has 0 spiro atoms. The van der Waals surface area contributed by atoms with Crippen LogP contribution in [-0.2, 0) is 4.74 Å². The summed E-state index contributed by atoms with van der Waals surface area (Å²) in [4.78, 5) is 8.49. The Morgan fingerprint density at radius 3 is 2.52 bits per heavy atom. The van der Waals surface area contributed by atoms with Crippen LogP contribution in [0.3, 0.4) is 0 Å². The highest BCUT2D eigenvalue weighted by molar-refractivity contribution is 7.16.